The third kappa shape index (κ3) is 4.26. The molecule has 5 heteroatoms. The summed E-state index contributed by atoms with van der Waals surface area (Å²) in [5.74, 6) is 0.757. The summed E-state index contributed by atoms with van der Waals surface area (Å²) in [5, 5.41) is 11.1. The summed E-state index contributed by atoms with van der Waals surface area (Å²) in [4.78, 5) is 10.8. The van der Waals surface area contributed by atoms with Crippen LogP contribution in [-0.4, -0.2) is 14.5 Å². The molecule has 53 heavy (non-hydrogen) atoms. The van der Waals surface area contributed by atoms with Gasteiger partial charge in [0, 0.05) is 57.8 Å². The Labute approximate surface area is 311 Å². The molecule has 0 atom stereocenters. The van der Waals surface area contributed by atoms with E-state index < -0.39 is 0 Å². The van der Waals surface area contributed by atoms with Gasteiger partial charge in [0.2, 0.25) is 0 Å². The summed E-state index contributed by atoms with van der Waals surface area (Å²) >= 11 is 3.62. The maximum Gasteiger partial charge on any atom is 0.161 e. The number of benzene rings is 8. The third-order valence-electron chi connectivity index (χ3n) is 10.8. The van der Waals surface area contributed by atoms with Crippen molar-refractivity contribution in [3.05, 3.63) is 164 Å². The van der Waals surface area contributed by atoms with E-state index in [1.54, 1.807) is 11.3 Å². The van der Waals surface area contributed by atoms with Gasteiger partial charge in [-0.05, 0) is 64.0 Å². The molecular weight excluding hydrogens is 683 g/mol. The Morgan fingerprint density at radius 2 is 1.19 bits per heavy atom. The van der Waals surface area contributed by atoms with Crippen LogP contribution in [-0.2, 0) is 0 Å². The second-order valence-corrected chi connectivity index (χ2v) is 15.9. The molecule has 0 unspecified atom stereocenters. The van der Waals surface area contributed by atoms with E-state index in [9.17, 15) is 0 Å². The highest BCUT2D eigenvalue weighted by Gasteiger charge is 2.21. The predicted molar refractivity (Wildman–Crippen MR) is 228 cm³/mol. The Morgan fingerprint density at radius 3 is 2.11 bits per heavy atom. The SMILES string of the molecule is c1ccc2cc(-c3nc(-c4cccc5sc6cc(-n7c8ccccc8c8c9ccccc9ccc87)ccc6c45)nc4c3sc3ccccc34)ccc2c1. The van der Waals surface area contributed by atoms with Crippen LogP contribution in [0.25, 0.3) is 112 Å². The van der Waals surface area contributed by atoms with Crippen molar-refractivity contribution in [1.29, 1.82) is 0 Å². The van der Waals surface area contributed by atoms with E-state index in [4.69, 9.17) is 9.97 Å². The zero-order chi connectivity index (χ0) is 34.6. The summed E-state index contributed by atoms with van der Waals surface area (Å²) in [7, 11) is 0. The minimum Gasteiger partial charge on any atom is -0.309 e. The van der Waals surface area contributed by atoms with Gasteiger partial charge in [-0.2, -0.15) is 0 Å². The fraction of sp³-hybridized carbons (Fsp3) is 0. The second kappa shape index (κ2) is 11.1. The number of fused-ring (bicyclic) bond motifs is 12. The monoisotopic (exact) mass is 709 g/mol. The zero-order valence-corrected chi connectivity index (χ0v) is 29.9. The maximum absolute atomic E-state index is 5.43. The third-order valence-corrected chi connectivity index (χ3v) is 13.1. The minimum atomic E-state index is 0.757. The van der Waals surface area contributed by atoms with Gasteiger partial charge >= 0.3 is 0 Å². The van der Waals surface area contributed by atoms with Gasteiger partial charge in [-0.3, -0.25) is 0 Å². The molecule has 0 spiro atoms. The van der Waals surface area contributed by atoms with Gasteiger partial charge in [0.1, 0.15) is 0 Å². The largest absolute Gasteiger partial charge is 0.309 e. The minimum absolute atomic E-state index is 0.757. The molecule has 4 aromatic heterocycles. The van der Waals surface area contributed by atoms with E-state index in [2.05, 4.69) is 168 Å². The summed E-state index contributed by atoms with van der Waals surface area (Å²) < 4.78 is 7.25. The first-order valence-electron chi connectivity index (χ1n) is 17.8. The fourth-order valence-electron chi connectivity index (χ4n) is 8.40. The van der Waals surface area contributed by atoms with Gasteiger partial charge < -0.3 is 4.57 Å². The number of aromatic nitrogens is 3. The first kappa shape index (κ1) is 29.2. The molecule has 8 aromatic carbocycles. The van der Waals surface area contributed by atoms with Crippen molar-refractivity contribution in [2.24, 2.45) is 0 Å². The molecule has 0 saturated carbocycles. The topological polar surface area (TPSA) is 30.7 Å². The Balaban J connectivity index is 1.09. The van der Waals surface area contributed by atoms with Crippen LogP contribution in [0.4, 0.5) is 0 Å². The van der Waals surface area contributed by atoms with Gasteiger partial charge in [0.05, 0.1) is 26.9 Å². The lowest BCUT2D eigenvalue weighted by Crippen LogP contribution is -1.94. The molecule has 0 N–H and O–H groups in total. The van der Waals surface area contributed by atoms with E-state index in [1.165, 1.54) is 73.6 Å². The zero-order valence-electron chi connectivity index (χ0n) is 28.2. The van der Waals surface area contributed by atoms with Crippen molar-refractivity contribution < 1.29 is 0 Å². The lowest BCUT2D eigenvalue weighted by molar-refractivity contribution is 1.19. The average molecular weight is 710 g/mol. The molecule has 0 aliphatic heterocycles. The first-order chi connectivity index (χ1) is 26.3. The van der Waals surface area contributed by atoms with Crippen molar-refractivity contribution in [3.8, 4) is 28.3 Å². The van der Waals surface area contributed by atoms with E-state index in [0.717, 1.165) is 38.5 Å². The summed E-state index contributed by atoms with van der Waals surface area (Å²) in [6.45, 7) is 0. The molecule has 246 valence electrons. The molecule has 12 aromatic rings. The van der Waals surface area contributed by atoms with Crippen molar-refractivity contribution in [1.82, 2.24) is 14.5 Å². The van der Waals surface area contributed by atoms with Crippen molar-refractivity contribution in [3.63, 3.8) is 0 Å². The highest BCUT2D eigenvalue weighted by atomic mass is 32.1. The molecule has 0 saturated heterocycles. The highest BCUT2D eigenvalue weighted by Crippen LogP contribution is 2.44. The molecular formula is C48H27N3S2. The van der Waals surface area contributed by atoms with Gasteiger partial charge in [-0.15, -0.1) is 22.7 Å². The molecule has 12 rings (SSSR count). The lowest BCUT2D eigenvalue weighted by Gasteiger charge is -2.10. The first-order valence-corrected chi connectivity index (χ1v) is 19.5. The van der Waals surface area contributed by atoms with Crippen LogP contribution in [0.2, 0.25) is 0 Å². The maximum atomic E-state index is 5.43. The quantitative estimate of drug-likeness (QED) is 0.183. The van der Waals surface area contributed by atoms with Crippen molar-refractivity contribution in [2.75, 3.05) is 0 Å². The Morgan fingerprint density at radius 1 is 0.434 bits per heavy atom. The average Bonchev–Trinajstić information content (AvgIpc) is 3.89. The van der Waals surface area contributed by atoms with Crippen LogP contribution in [0, 0.1) is 0 Å². The number of nitrogens with zero attached hydrogens (tertiary/aromatic N) is 3. The van der Waals surface area contributed by atoms with Crippen molar-refractivity contribution >= 4 is 106 Å². The molecule has 0 radical (unpaired) electrons. The standard InChI is InChI=1S/C48H27N3S2/c1-2-12-30-26-31(21-20-28(30)10-1)45-47-46(36-15-6-8-18-40(36)53-47)50-48(49-45)37-16-9-19-41-44(37)35-24-23-32(27-42(35)52-41)51-38-17-7-5-14-34(38)43-33-13-4-3-11-29(33)22-25-39(43)51/h1-27H. The van der Waals surface area contributed by atoms with Crippen LogP contribution in [0.3, 0.4) is 0 Å². The summed E-state index contributed by atoms with van der Waals surface area (Å²) in [6, 6.07) is 59.4. The molecule has 0 bridgehead atoms. The van der Waals surface area contributed by atoms with Crippen LogP contribution in [0.1, 0.15) is 0 Å². The van der Waals surface area contributed by atoms with Crippen LogP contribution in [0.5, 0.6) is 0 Å². The number of para-hydroxylation sites is 1. The fourth-order valence-corrected chi connectivity index (χ4v) is 10.7. The summed E-state index contributed by atoms with van der Waals surface area (Å²) in [6.07, 6.45) is 0. The molecule has 0 aliphatic carbocycles. The number of hydrogen-bond acceptors (Lipinski definition) is 4. The molecule has 3 nitrogen and oxygen atoms in total. The van der Waals surface area contributed by atoms with Crippen molar-refractivity contribution in [2.45, 2.75) is 0 Å². The molecule has 0 aliphatic rings. The summed E-state index contributed by atoms with van der Waals surface area (Å²) in [5.41, 5.74) is 7.75. The van der Waals surface area contributed by atoms with Crippen LogP contribution >= 0.6 is 22.7 Å². The van der Waals surface area contributed by atoms with Gasteiger partial charge in [0.25, 0.3) is 0 Å². The Bertz CT molecular complexity index is 3480. The predicted octanol–water partition coefficient (Wildman–Crippen LogP) is 13.9. The van der Waals surface area contributed by atoms with Crippen LogP contribution < -0.4 is 0 Å². The molecule has 0 fully saturated rings. The lowest BCUT2D eigenvalue weighted by atomic mass is 10.0. The Kier molecular flexibility index (Phi) is 6.09. The van der Waals surface area contributed by atoms with E-state index in [1.807, 2.05) is 11.3 Å². The van der Waals surface area contributed by atoms with E-state index in [0.29, 0.717) is 0 Å². The van der Waals surface area contributed by atoms with Gasteiger partial charge in [-0.25, -0.2) is 9.97 Å². The van der Waals surface area contributed by atoms with Crippen LogP contribution in [0.15, 0.2) is 164 Å². The number of hydrogen-bond donors (Lipinski definition) is 0. The second-order valence-electron chi connectivity index (χ2n) is 13.7. The van der Waals surface area contributed by atoms with Gasteiger partial charge in [0.15, 0.2) is 5.82 Å². The number of thiophene rings is 2. The molecule has 0 amide bonds. The molecule has 4 heterocycles. The van der Waals surface area contributed by atoms with E-state index in [-0.39, 0.29) is 0 Å². The number of rotatable bonds is 3. The smallest absolute Gasteiger partial charge is 0.161 e. The highest BCUT2D eigenvalue weighted by molar-refractivity contribution is 7.26. The Hall–Kier alpha value is -6.40. The van der Waals surface area contributed by atoms with Gasteiger partial charge in [-0.1, -0.05) is 121 Å². The normalized spacial score (nSPS) is 12.2. The van der Waals surface area contributed by atoms with E-state index >= 15 is 0 Å².